The van der Waals surface area contributed by atoms with Crippen LogP contribution in [0.5, 0.6) is 5.75 Å². The number of carbonyl (C=O) groups excluding carboxylic acids is 3. The number of hydrogen-bond donors (Lipinski definition) is 3. The predicted molar refractivity (Wildman–Crippen MR) is 129 cm³/mol. The third-order valence-corrected chi connectivity index (χ3v) is 5.47. The number of amides is 3. The number of phenolic OH excluding ortho intramolecular Hbond substituents is 1. The summed E-state index contributed by atoms with van der Waals surface area (Å²) < 4.78 is 5.23. The summed E-state index contributed by atoms with van der Waals surface area (Å²) in [7, 11) is 0. The van der Waals surface area contributed by atoms with Crippen molar-refractivity contribution in [2.45, 2.75) is 91.8 Å². The number of carbonyl (C=O) groups is 3. The Kier molecular flexibility index (Phi) is 10.2. The number of unbranched alkanes of at least 4 members (excludes halogenated alkanes) is 1. The Labute approximate surface area is 198 Å². The summed E-state index contributed by atoms with van der Waals surface area (Å²) >= 11 is 0. The van der Waals surface area contributed by atoms with E-state index in [1.54, 1.807) is 45.9 Å². The monoisotopic (exact) mass is 463 g/mol. The van der Waals surface area contributed by atoms with E-state index >= 15 is 0 Å². The normalized spacial score (nSPS) is 12.6. The summed E-state index contributed by atoms with van der Waals surface area (Å²) in [5.74, 6) is -0.862. The van der Waals surface area contributed by atoms with Crippen molar-refractivity contribution >= 4 is 17.9 Å². The Morgan fingerprint density at radius 1 is 1.09 bits per heavy atom. The molecule has 186 valence electrons. The maximum atomic E-state index is 13.5. The minimum atomic E-state index is -1.07. The Morgan fingerprint density at radius 2 is 1.73 bits per heavy atom. The molecule has 3 N–H and O–H groups in total. The number of aromatic hydroxyl groups is 1. The minimum absolute atomic E-state index is 0.0297. The smallest absolute Gasteiger partial charge is 0.408 e. The number of nitrogens with zero attached hydrogens (tertiary/aromatic N) is 1. The number of benzene rings is 1. The first-order valence-corrected chi connectivity index (χ1v) is 11.6. The molecule has 33 heavy (non-hydrogen) atoms. The molecule has 0 aliphatic rings. The highest BCUT2D eigenvalue weighted by molar-refractivity contribution is 5.91. The van der Waals surface area contributed by atoms with Crippen LogP contribution >= 0.6 is 0 Å². The zero-order valence-corrected chi connectivity index (χ0v) is 21.4. The van der Waals surface area contributed by atoms with Crippen LogP contribution in [0.3, 0.4) is 0 Å². The molecule has 0 aliphatic heterocycles. The number of para-hydroxylation sites is 1. The summed E-state index contributed by atoms with van der Waals surface area (Å²) in [6.45, 7) is 14.7. The van der Waals surface area contributed by atoms with Crippen LogP contribution < -0.4 is 10.6 Å². The number of hydrogen-bond acceptors (Lipinski definition) is 5. The molecule has 0 aromatic heterocycles. The molecule has 0 aliphatic carbocycles. The molecular formula is C25H41N3O5. The van der Waals surface area contributed by atoms with Gasteiger partial charge in [0.25, 0.3) is 0 Å². The lowest BCUT2D eigenvalue weighted by atomic mass is 9.92. The molecule has 0 bridgehead atoms. The van der Waals surface area contributed by atoms with Crippen molar-refractivity contribution < 1.29 is 24.2 Å². The van der Waals surface area contributed by atoms with E-state index < -0.39 is 29.2 Å². The van der Waals surface area contributed by atoms with Gasteiger partial charge in [0.1, 0.15) is 23.9 Å². The summed E-state index contributed by atoms with van der Waals surface area (Å²) in [6, 6.07) is 4.08. The average molecular weight is 464 g/mol. The van der Waals surface area contributed by atoms with Gasteiger partial charge in [0.15, 0.2) is 0 Å². The van der Waals surface area contributed by atoms with Crippen molar-refractivity contribution in [1.29, 1.82) is 0 Å². The molecule has 0 spiro atoms. The first kappa shape index (κ1) is 28.3. The second-order valence-electron chi connectivity index (χ2n) is 9.85. The third-order valence-electron chi connectivity index (χ3n) is 5.47. The summed E-state index contributed by atoms with van der Waals surface area (Å²) in [4.78, 5) is 40.4. The number of nitrogens with one attached hydrogen (secondary N) is 2. The standard InChI is InChI=1S/C25H41N3O5/c1-9-11-15-26-22(31)20(18-14-12-13-17(3)21(18)30)28(25(7,8)10-2)19(29)16-27-23(32)33-24(4,5)6/h12-14,20,30H,9-11,15-16H2,1-8H3,(H,26,31)(H,27,32). The van der Waals surface area contributed by atoms with Crippen molar-refractivity contribution in [2.24, 2.45) is 0 Å². The highest BCUT2D eigenvalue weighted by Gasteiger charge is 2.41. The van der Waals surface area contributed by atoms with E-state index in [0.29, 0.717) is 24.1 Å². The number of ether oxygens (including phenoxy) is 1. The van der Waals surface area contributed by atoms with E-state index in [9.17, 15) is 19.5 Å². The molecule has 1 atom stereocenters. The Bertz CT molecular complexity index is 830. The van der Waals surface area contributed by atoms with Crippen molar-refractivity contribution in [1.82, 2.24) is 15.5 Å². The molecule has 1 aromatic rings. The van der Waals surface area contributed by atoms with E-state index in [2.05, 4.69) is 10.6 Å². The molecule has 0 saturated carbocycles. The van der Waals surface area contributed by atoms with Crippen LogP contribution in [0.2, 0.25) is 0 Å². The van der Waals surface area contributed by atoms with E-state index in [1.807, 2.05) is 27.7 Å². The van der Waals surface area contributed by atoms with E-state index in [-0.39, 0.29) is 18.2 Å². The number of alkyl carbamates (subject to hydrolysis) is 1. The highest BCUT2D eigenvalue weighted by Crippen LogP contribution is 2.36. The van der Waals surface area contributed by atoms with Gasteiger partial charge < -0.3 is 25.4 Å². The van der Waals surface area contributed by atoms with E-state index in [0.717, 1.165) is 12.8 Å². The Balaban J connectivity index is 3.39. The van der Waals surface area contributed by atoms with Crippen molar-refractivity contribution in [2.75, 3.05) is 13.1 Å². The average Bonchev–Trinajstić information content (AvgIpc) is 2.71. The van der Waals surface area contributed by atoms with Gasteiger partial charge in [0.05, 0.1) is 0 Å². The fourth-order valence-electron chi connectivity index (χ4n) is 3.33. The molecule has 1 rings (SSSR count). The van der Waals surface area contributed by atoms with E-state index in [4.69, 9.17) is 4.74 Å². The third kappa shape index (κ3) is 8.26. The lowest BCUT2D eigenvalue weighted by Gasteiger charge is -2.43. The maximum absolute atomic E-state index is 13.5. The first-order chi connectivity index (χ1) is 15.2. The SMILES string of the molecule is CCCCNC(=O)C(c1cccc(C)c1O)N(C(=O)CNC(=O)OC(C)(C)C)C(C)(C)CC. The zero-order chi connectivity index (χ0) is 25.4. The molecule has 0 saturated heterocycles. The second kappa shape index (κ2) is 11.9. The van der Waals surface area contributed by atoms with Crippen LogP contribution in [-0.4, -0.2) is 52.1 Å². The number of phenols is 1. The van der Waals surface area contributed by atoms with Gasteiger partial charge in [-0.15, -0.1) is 0 Å². The second-order valence-corrected chi connectivity index (χ2v) is 9.85. The van der Waals surface area contributed by atoms with E-state index in [1.165, 1.54) is 4.90 Å². The predicted octanol–water partition coefficient (Wildman–Crippen LogP) is 4.20. The molecule has 1 aromatic carbocycles. The minimum Gasteiger partial charge on any atom is -0.507 e. The Morgan fingerprint density at radius 3 is 2.27 bits per heavy atom. The van der Waals surface area contributed by atoms with Gasteiger partial charge in [-0.1, -0.05) is 38.5 Å². The number of aryl methyl sites for hydroxylation is 1. The fourth-order valence-corrected chi connectivity index (χ4v) is 3.33. The molecule has 1 unspecified atom stereocenters. The highest BCUT2D eigenvalue weighted by atomic mass is 16.6. The Hall–Kier alpha value is -2.77. The molecule has 3 amide bonds. The van der Waals surface area contributed by atoms with Crippen LogP contribution in [0.25, 0.3) is 0 Å². The van der Waals surface area contributed by atoms with Gasteiger partial charge in [-0.05, 0) is 59.9 Å². The zero-order valence-electron chi connectivity index (χ0n) is 21.4. The molecule has 8 heteroatoms. The van der Waals surface area contributed by atoms with Gasteiger partial charge >= 0.3 is 6.09 Å². The van der Waals surface area contributed by atoms with Crippen molar-refractivity contribution in [3.8, 4) is 5.75 Å². The van der Waals surface area contributed by atoms with Gasteiger partial charge in [0.2, 0.25) is 11.8 Å². The van der Waals surface area contributed by atoms with Gasteiger partial charge in [0, 0.05) is 17.6 Å². The van der Waals surface area contributed by atoms with Gasteiger partial charge in [-0.2, -0.15) is 0 Å². The van der Waals surface area contributed by atoms with Gasteiger partial charge in [-0.25, -0.2) is 4.79 Å². The summed E-state index contributed by atoms with van der Waals surface area (Å²) in [6.07, 6.45) is 1.54. The quantitative estimate of drug-likeness (QED) is 0.451. The molecule has 8 nitrogen and oxygen atoms in total. The van der Waals surface area contributed by atoms with Gasteiger partial charge in [-0.3, -0.25) is 9.59 Å². The lowest BCUT2D eigenvalue weighted by molar-refractivity contribution is -0.146. The van der Waals surface area contributed by atoms with Crippen LogP contribution in [0.15, 0.2) is 18.2 Å². The molecule has 0 radical (unpaired) electrons. The lowest BCUT2D eigenvalue weighted by Crippen LogP contribution is -2.56. The van der Waals surface area contributed by atoms with Crippen LogP contribution in [0.1, 0.15) is 84.9 Å². The van der Waals surface area contributed by atoms with Crippen LogP contribution in [0, 0.1) is 6.92 Å². The maximum Gasteiger partial charge on any atom is 0.408 e. The molecular weight excluding hydrogens is 422 g/mol. The molecule has 0 fully saturated rings. The summed E-state index contributed by atoms with van der Waals surface area (Å²) in [5.41, 5.74) is -0.496. The van der Waals surface area contributed by atoms with Crippen molar-refractivity contribution in [3.05, 3.63) is 29.3 Å². The summed E-state index contributed by atoms with van der Waals surface area (Å²) in [5, 5.41) is 16.2. The molecule has 0 heterocycles. The van der Waals surface area contributed by atoms with Crippen LogP contribution in [-0.2, 0) is 14.3 Å². The van der Waals surface area contributed by atoms with Crippen LogP contribution in [0.4, 0.5) is 4.79 Å². The largest absolute Gasteiger partial charge is 0.507 e. The number of rotatable bonds is 10. The first-order valence-electron chi connectivity index (χ1n) is 11.6. The topological polar surface area (TPSA) is 108 Å². The van der Waals surface area contributed by atoms with Crippen molar-refractivity contribution in [3.63, 3.8) is 0 Å². The fraction of sp³-hybridized carbons (Fsp3) is 0.640.